The maximum atomic E-state index is 11.9. The van der Waals surface area contributed by atoms with Gasteiger partial charge in [-0.2, -0.15) is 0 Å². The van der Waals surface area contributed by atoms with Crippen LogP contribution in [-0.2, 0) is 11.2 Å². The summed E-state index contributed by atoms with van der Waals surface area (Å²) in [5, 5.41) is 0. The average molecular weight is 287 g/mol. The Morgan fingerprint density at radius 2 is 2.29 bits per heavy atom. The number of nitrogens with zero attached hydrogens (tertiary/aromatic N) is 3. The summed E-state index contributed by atoms with van der Waals surface area (Å²) < 4.78 is 0. The highest BCUT2D eigenvalue weighted by Gasteiger charge is 2.24. The van der Waals surface area contributed by atoms with Crippen LogP contribution >= 0.6 is 0 Å². The predicted octanol–water partition coefficient (Wildman–Crippen LogP) is 2.65. The maximum Gasteiger partial charge on any atom is 0.246 e. The number of aryl methyl sites for hydroxylation is 1. The number of aromatic nitrogens is 1. The second kappa shape index (κ2) is 7.25. The normalized spacial score (nSPS) is 18.4. The molecule has 0 aromatic carbocycles. The van der Waals surface area contributed by atoms with Crippen molar-refractivity contribution in [2.75, 3.05) is 25.5 Å². The molecular weight excluding hydrogens is 262 g/mol. The first kappa shape index (κ1) is 15.5. The molecule has 1 aromatic heterocycles. The highest BCUT2D eigenvalue weighted by Crippen LogP contribution is 2.22. The van der Waals surface area contributed by atoms with Crippen molar-refractivity contribution >= 4 is 11.7 Å². The molecule has 0 N–H and O–H groups in total. The zero-order chi connectivity index (χ0) is 15.2. The zero-order valence-corrected chi connectivity index (χ0v) is 13.1. The van der Waals surface area contributed by atoms with Gasteiger partial charge in [0.15, 0.2) is 0 Å². The second-order valence-corrected chi connectivity index (χ2v) is 5.81. The summed E-state index contributed by atoms with van der Waals surface area (Å²) in [6, 6.07) is 6.45. The van der Waals surface area contributed by atoms with Crippen LogP contribution in [0, 0.1) is 0 Å². The highest BCUT2D eigenvalue weighted by molar-refractivity contribution is 5.87. The number of pyridine rings is 1. The Morgan fingerprint density at radius 1 is 1.48 bits per heavy atom. The molecule has 0 aliphatic carbocycles. The summed E-state index contributed by atoms with van der Waals surface area (Å²) in [5.41, 5.74) is 1.10. The van der Waals surface area contributed by atoms with Crippen molar-refractivity contribution in [2.45, 2.75) is 38.1 Å². The van der Waals surface area contributed by atoms with Crippen LogP contribution in [0.3, 0.4) is 0 Å². The third kappa shape index (κ3) is 4.06. The summed E-state index contributed by atoms with van der Waals surface area (Å²) >= 11 is 0. The molecule has 0 radical (unpaired) electrons. The van der Waals surface area contributed by atoms with Crippen molar-refractivity contribution in [3.05, 3.63) is 36.5 Å². The molecule has 4 nitrogen and oxygen atoms in total. The van der Waals surface area contributed by atoms with Crippen molar-refractivity contribution in [1.82, 2.24) is 9.88 Å². The topological polar surface area (TPSA) is 36.4 Å². The van der Waals surface area contributed by atoms with Crippen LogP contribution in [0.4, 0.5) is 5.82 Å². The zero-order valence-electron chi connectivity index (χ0n) is 13.1. The van der Waals surface area contributed by atoms with E-state index in [0.717, 1.165) is 43.7 Å². The molecular formula is C17H25N3O. The molecule has 1 saturated heterocycles. The average Bonchev–Trinajstić information content (AvgIpc) is 2.52. The van der Waals surface area contributed by atoms with E-state index in [9.17, 15) is 4.79 Å². The first-order chi connectivity index (χ1) is 10.1. The van der Waals surface area contributed by atoms with Gasteiger partial charge in [0.1, 0.15) is 5.82 Å². The van der Waals surface area contributed by atoms with E-state index in [1.54, 1.807) is 0 Å². The number of piperidine rings is 1. The lowest BCUT2D eigenvalue weighted by molar-refractivity contribution is -0.129. The lowest BCUT2D eigenvalue weighted by atomic mass is 9.97. The number of hydrogen-bond donors (Lipinski definition) is 0. The van der Waals surface area contributed by atoms with Gasteiger partial charge in [-0.05, 0) is 50.3 Å². The van der Waals surface area contributed by atoms with Gasteiger partial charge in [0, 0.05) is 32.4 Å². The lowest BCUT2D eigenvalue weighted by Crippen LogP contribution is -2.43. The van der Waals surface area contributed by atoms with Gasteiger partial charge in [0.05, 0.1) is 0 Å². The SMILES string of the molecule is C=CC(=O)N1CCCCC1CCc1cccc(N(C)C)n1. The minimum absolute atomic E-state index is 0.0645. The van der Waals surface area contributed by atoms with Gasteiger partial charge in [-0.25, -0.2) is 4.98 Å². The largest absolute Gasteiger partial charge is 0.363 e. The third-order valence-corrected chi connectivity index (χ3v) is 4.07. The summed E-state index contributed by atoms with van der Waals surface area (Å²) in [5.74, 6) is 1.05. The van der Waals surface area contributed by atoms with Crippen LogP contribution in [0.25, 0.3) is 0 Å². The highest BCUT2D eigenvalue weighted by atomic mass is 16.2. The molecule has 114 valence electrons. The molecule has 2 heterocycles. The Morgan fingerprint density at radius 3 is 3.00 bits per heavy atom. The van der Waals surface area contributed by atoms with Crippen LogP contribution in [0.2, 0.25) is 0 Å². The third-order valence-electron chi connectivity index (χ3n) is 4.07. The molecule has 1 aliphatic rings. The molecule has 0 saturated carbocycles. The van der Waals surface area contributed by atoms with Gasteiger partial charge >= 0.3 is 0 Å². The van der Waals surface area contributed by atoms with Crippen LogP contribution < -0.4 is 4.90 Å². The Bertz CT molecular complexity index is 499. The number of hydrogen-bond acceptors (Lipinski definition) is 3. The molecule has 2 rings (SSSR count). The fourth-order valence-electron chi connectivity index (χ4n) is 2.88. The molecule has 1 atom stereocenters. The predicted molar refractivity (Wildman–Crippen MR) is 86.4 cm³/mol. The summed E-state index contributed by atoms with van der Waals surface area (Å²) in [4.78, 5) is 20.6. The smallest absolute Gasteiger partial charge is 0.246 e. The number of rotatable bonds is 5. The first-order valence-electron chi connectivity index (χ1n) is 7.68. The Hall–Kier alpha value is -1.84. The Balaban J connectivity index is 1.98. The number of anilines is 1. The summed E-state index contributed by atoms with van der Waals surface area (Å²) in [6.45, 7) is 4.47. The van der Waals surface area contributed by atoms with Crippen molar-refractivity contribution in [3.63, 3.8) is 0 Å². The number of carbonyl (C=O) groups excluding carboxylic acids is 1. The van der Waals surface area contributed by atoms with Crippen molar-refractivity contribution in [2.24, 2.45) is 0 Å². The molecule has 1 amide bonds. The van der Waals surface area contributed by atoms with E-state index in [-0.39, 0.29) is 5.91 Å². The van der Waals surface area contributed by atoms with E-state index in [0.29, 0.717) is 6.04 Å². The fraction of sp³-hybridized carbons (Fsp3) is 0.529. The van der Waals surface area contributed by atoms with Crippen LogP contribution in [-0.4, -0.2) is 42.5 Å². The fourth-order valence-corrected chi connectivity index (χ4v) is 2.88. The molecule has 1 aromatic rings. The van der Waals surface area contributed by atoms with Crippen molar-refractivity contribution in [3.8, 4) is 0 Å². The molecule has 0 spiro atoms. The van der Waals surface area contributed by atoms with E-state index in [1.807, 2.05) is 36.0 Å². The first-order valence-corrected chi connectivity index (χ1v) is 7.68. The van der Waals surface area contributed by atoms with Crippen LogP contribution in [0.15, 0.2) is 30.9 Å². The summed E-state index contributed by atoms with van der Waals surface area (Å²) in [7, 11) is 4.00. The standard InChI is InChI=1S/C17H25N3O/c1-4-17(21)20-13-6-5-9-15(20)12-11-14-8-7-10-16(18-14)19(2)3/h4,7-8,10,15H,1,5-6,9,11-13H2,2-3H3. The number of likely N-dealkylation sites (tertiary alicyclic amines) is 1. The second-order valence-electron chi connectivity index (χ2n) is 5.81. The summed E-state index contributed by atoms with van der Waals surface area (Å²) in [6.07, 6.45) is 6.72. The Labute approximate surface area is 127 Å². The van der Waals surface area contributed by atoms with E-state index in [4.69, 9.17) is 0 Å². The van der Waals surface area contributed by atoms with Crippen molar-refractivity contribution < 1.29 is 4.79 Å². The van der Waals surface area contributed by atoms with E-state index < -0.39 is 0 Å². The van der Waals surface area contributed by atoms with Gasteiger partial charge in [-0.3, -0.25) is 4.79 Å². The Kier molecular flexibility index (Phi) is 5.37. The quantitative estimate of drug-likeness (QED) is 0.781. The minimum atomic E-state index is 0.0645. The van der Waals surface area contributed by atoms with Crippen LogP contribution in [0.1, 0.15) is 31.4 Å². The molecule has 1 fully saturated rings. The van der Waals surface area contributed by atoms with E-state index in [1.165, 1.54) is 12.5 Å². The monoisotopic (exact) mass is 287 g/mol. The van der Waals surface area contributed by atoms with Gasteiger partial charge in [-0.15, -0.1) is 0 Å². The van der Waals surface area contributed by atoms with Crippen molar-refractivity contribution in [1.29, 1.82) is 0 Å². The number of amides is 1. The molecule has 1 aliphatic heterocycles. The molecule has 0 bridgehead atoms. The number of carbonyl (C=O) groups is 1. The van der Waals surface area contributed by atoms with Gasteiger partial charge in [0.25, 0.3) is 0 Å². The van der Waals surface area contributed by atoms with Gasteiger partial charge < -0.3 is 9.80 Å². The minimum Gasteiger partial charge on any atom is -0.363 e. The molecule has 4 heteroatoms. The van der Waals surface area contributed by atoms with Crippen LogP contribution in [0.5, 0.6) is 0 Å². The van der Waals surface area contributed by atoms with E-state index in [2.05, 4.69) is 17.6 Å². The molecule has 21 heavy (non-hydrogen) atoms. The molecule has 1 unspecified atom stereocenters. The van der Waals surface area contributed by atoms with E-state index >= 15 is 0 Å². The maximum absolute atomic E-state index is 11.9. The van der Waals surface area contributed by atoms with Gasteiger partial charge in [-0.1, -0.05) is 12.6 Å². The van der Waals surface area contributed by atoms with Gasteiger partial charge in [0.2, 0.25) is 5.91 Å². The lowest BCUT2D eigenvalue weighted by Gasteiger charge is -2.35.